The van der Waals surface area contributed by atoms with Crippen molar-refractivity contribution < 1.29 is 24.2 Å². The molecular formula is C29H28N2O5S2. The van der Waals surface area contributed by atoms with E-state index in [1.165, 1.54) is 27.6 Å². The number of rotatable bonds is 11. The van der Waals surface area contributed by atoms with Crippen LogP contribution in [0, 0.1) is 0 Å². The number of nitrogens with zero attached hydrogens (tertiary/aromatic N) is 2. The fourth-order valence-electron chi connectivity index (χ4n) is 4.46. The molecule has 1 N–H and O–H groups in total. The summed E-state index contributed by atoms with van der Waals surface area (Å²) < 4.78 is 12.4. The van der Waals surface area contributed by atoms with Crippen LogP contribution in [-0.2, 0) is 4.79 Å². The molecule has 0 aliphatic carbocycles. The highest BCUT2D eigenvalue weighted by molar-refractivity contribution is 7.22. The Hall–Kier alpha value is -3.69. The van der Waals surface area contributed by atoms with E-state index in [0.717, 1.165) is 24.0 Å². The van der Waals surface area contributed by atoms with E-state index in [1.807, 2.05) is 49.4 Å². The Balaban J connectivity index is 1.57. The van der Waals surface area contributed by atoms with E-state index >= 15 is 0 Å². The first-order chi connectivity index (χ1) is 18.5. The van der Waals surface area contributed by atoms with Gasteiger partial charge in [0.2, 0.25) is 5.78 Å². The third-order valence-electron chi connectivity index (χ3n) is 6.25. The number of amides is 1. The van der Waals surface area contributed by atoms with Gasteiger partial charge in [-0.25, -0.2) is 4.98 Å². The topological polar surface area (TPSA) is 89.0 Å². The van der Waals surface area contributed by atoms with Crippen LogP contribution in [0.15, 0.2) is 71.3 Å². The second kappa shape index (κ2) is 11.4. The number of ether oxygens (including phenoxy) is 2. The van der Waals surface area contributed by atoms with Gasteiger partial charge in [-0.15, -0.1) is 11.3 Å². The van der Waals surface area contributed by atoms with E-state index in [2.05, 4.69) is 6.92 Å². The smallest absolute Gasteiger partial charge is 0.296 e. The number of Topliss-reactive ketones (excluding diaryl/α,β-unsaturated/α-hetero) is 1. The summed E-state index contributed by atoms with van der Waals surface area (Å²) in [4.78, 5) is 33.7. The molecule has 1 aliphatic rings. The van der Waals surface area contributed by atoms with Gasteiger partial charge in [-0.1, -0.05) is 49.3 Å². The number of carbonyl (C=O) groups excluding carboxylic acids is 2. The maximum absolute atomic E-state index is 13.6. The van der Waals surface area contributed by atoms with Crippen molar-refractivity contribution in [3.05, 3.63) is 81.8 Å². The number of hydrogen-bond acceptors (Lipinski definition) is 8. The molecule has 1 amide bonds. The Bertz CT molecular complexity index is 1490. The fourth-order valence-corrected chi connectivity index (χ4v) is 6.16. The van der Waals surface area contributed by atoms with E-state index in [0.29, 0.717) is 45.8 Å². The zero-order chi connectivity index (χ0) is 26.6. The van der Waals surface area contributed by atoms with E-state index < -0.39 is 17.7 Å². The Morgan fingerprint density at radius 3 is 2.66 bits per heavy atom. The van der Waals surface area contributed by atoms with Gasteiger partial charge in [0.05, 0.1) is 39.9 Å². The predicted octanol–water partition coefficient (Wildman–Crippen LogP) is 7.11. The first-order valence-electron chi connectivity index (χ1n) is 12.6. The van der Waals surface area contributed by atoms with Crippen molar-refractivity contribution in [1.82, 2.24) is 4.98 Å². The summed E-state index contributed by atoms with van der Waals surface area (Å²) in [6, 6.07) is 15.5. The van der Waals surface area contributed by atoms with Gasteiger partial charge in [-0.05, 0) is 60.7 Å². The van der Waals surface area contributed by atoms with Gasteiger partial charge in [0.1, 0.15) is 11.5 Å². The minimum absolute atomic E-state index is 0.0369. The minimum Gasteiger partial charge on any atom is -0.503 e. The van der Waals surface area contributed by atoms with E-state index in [4.69, 9.17) is 14.5 Å². The zero-order valence-corrected chi connectivity index (χ0v) is 22.8. The number of fused-ring (bicyclic) bond motifs is 1. The Morgan fingerprint density at radius 1 is 1.05 bits per heavy atom. The number of thiazole rings is 1. The number of hydrogen-bond donors (Lipinski definition) is 1. The lowest BCUT2D eigenvalue weighted by Crippen LogP contribution is -2.30. The normalized spacial score (nSPS) is 15.5. The molecule has 1 atom stereocenters. The molecule has 5 rings (SSSR count). The van der Waals surface area contributed by atoms with Gasteiger partial charge in [0.25, 0.3) is 5.91 Å². The van der Waals surface area contributed by atoms with Crippen LogP contribution in [-0.4, -0.2) is 35.0 Å². The second-order valence-corrected chi connectivity index (χ2v) is 10.8. The van der Waals surface area contributed by atoms with Crippen molar-refractivity contribution in [2.45, 2.75) is 39.2 Å². The monoisotopic (exact) mass is 548 g/mol. The molecule has 0 saturated heterocycles. The number of thiophene rings is 1. The predicted molar refractivity (Wildman–Crippen MR) is 151 cm³/mol. The van der Waals surface area contributed by atoms with Crippen LogP contribution >= 0.6 is 22.7 Å². The molecule has 0 saturated carbocycles. The van der Waals surface area contributed by atoms with Gasteiger partial charge in [0.15, 0.2) is 10.9 Å². The molecule has 0 spiro atoms. The van der Waals surface area contributed by atoms with Crippen molar-refractivity contribution in [3.63, 3.8) is 0 Å². The average molecular weight is 549 g/mol. The molecule has 38 heavy (non-hydrogen) atoms. The summed E-state index contributed by atoms with van der Waals surface area (Å²) in [5.74, 6) is -0.245. The van der Waals surface area contributed by atoms with Gasteiger partial charge >= 0.3 is 0 Å². The summed E-state index contributed by atoms with van der Waals surface area (Å²) in [5, 5.41) is 13.2. The number of carbonyl (C=O) groups is 2. The lowest BCUT2D eigenvalue weighted by molar-refractivity contribution is -0.117. The number of unbranched alkanes of at least 4 members (excludes halogenated alkanes) is 2. The summed E-state index contributed by atoms with van der Waals surface area (Å²) in [6.07, 6.45) is 3.10. The minimum atomic E-state index is -0.858. The third-order valence-corrected chi connectivity index (χ3v) is 8.14. The summed E-state index contributed by atoms with van der Waals surface area (Å²) in [5.41, 5.74) is 1.39. The molecule has 0 radical (unpaired) electrons. The standard InChI is InChI=1S/C29H28N2O5S2/c1-3-5-6-14-36-19-10-7-9-18(16-19)25-24(26(32)22-11-8-15-37-22)27(33)28(34)31(25)29-30-21-13-12-20(35-4-2)17-23(21)38-29/h7-13,15-17,25,33H,3-6,14H2,1-2H3. The molecule has 3 heterocycles. The molecule has 0 fully saturated rings. The van der Waals surface area contributed by atoms with Crippen LogP contribution in [0.3, 0.4) is 0 Å². The van der Waals surface area contributed by atoms with Gasteiger partial charge in [0, 0.05) is 0 Å². The largest absolute Gasteiger partial charge is 0.503 e. The Kier molecular flexibility index (Phi) is 7.76. The molecule has 2 aromatic carbocycles. The van der Waals surface area contributed by atoms with Crippen molar-refractivity contribution >= 4 is 49.7 Å². The van der Waals surface area contributed by atoms with Crippen LogP contribution in [0.1, 0.15) is 54.4 Å². The Labute approximate surface area is 229 Å². The number of aromatic nitrogens is 1. The van der Waals surface area contributed by atoms with Crippen LogP contribution in [0.4, 0.5) is 5.13 Å². The lowest BCUT2D eigenvalue weighted by atomic mass is 9.95. The summed E-state index contributed by atoms with van der Waals surface area (Å²) >= 11 is 2.58. The van der Waals surface area contributed by atoms with Crippen molar-refractivity contribution in [3.8, 4) is 11.5 Å². The van der Waals surface area contributed by atoms with Crippen LogP contribution < -0.4 is 14.4 Å². The van der Waals surface area contributed by atoms with E-state index in [-0.39, 0.29) is 11.4 Å². The molecule has 1 unspecified atom stereocenters. The first kappa shape index (κ1) is 25.9. The van der Waals surface area contributed by atoms with Gasteiger partial charge in [-0.2, -0.15) is 0 Å². The third kappa shape index (κ3) is 5.04. The second-order valence-electron chi connectivity index (χ2n) is 8.83. The maximum Gasteiger partial charge on any atom is 0.296 e. The Morgan fingerprint density at radius 2 is 1.89 bits per heavy atom. The average Bonchev–Trinajstić information content (AvgIpc) is 3.65. The number of anilines is 1. The van der Waals surface area contributed by atoms with Crippen molar-refractivity contribution in [2.75, 3.05) is 18.1 Å². The SMILES string of the molecule is CCCCCOc1cccc(C2C(C(=O)c3cccs3)=C(O)C(=O)N2c2nc3ccc(OCC)cc3s2)c1. The summed E-state index contributed by atoms with van der Waals surface area (Å²) in [6.45, 7) is 5.16. The van der Waals surface area contributed by atoms with Crippen LogP contribution in [0.2, 0.25) is 0 Å². The number of benzene rings is 2. The molecule has 1 aliphatic heterocycles. The number of aliphatic hydroxyl groups is 1. The molecular weight excluding hydrogens is 520 g/mol. The van der Waals surface area contributed by atoms with E-state index in [9.17, 15) is 14.7 Å². The highest BCUT2D eigenvalue weighted by Gasteiger charge is 2.46. The lowest BCUT2D eigenvalue weighted by Gasteiger charge is -2.24. The van der Waals surface area contributed by atoms with Crippen LogP contribution in [0.5, 0.6) is 11.5 Å². The van der Waals surface area contributed by atoms with Crippen molar-refractivity contribution in [2.24, 2.45) is 0 Å². The molecule has 196 valence electrons. The first-order valence-corrected chi connectivity index (χ1v) is 14.3. The molecule has 7 nitrogen and oxygen atoms in total. The molecule has 9 heteroatoms. The van der Waals surface area contributed by atoms with Gasteiger partial charge < -0.3 is 14.6 Å². The number of ketones is 1. The zero-order valence-electron chi connectivity index (χ0n) is 21.2. The molecule has 0 bridgehead atoms. The van der Waals surface area contributed by atoms with E-state index in [1.54, 1.807) is 17.5 Å². The van der Waals surface area contributed by atoms with Gasteiger partial charge in [-0.3, -0.25) is 14.5 Å². The molecule has 4 aromatic rings. The highest BCUT2D eigenvalue weighted by atomic mass is 32.1. The quantitative estimate of drug-likeness (QED) is 0.159. The highest BCUT2D eigenvalue weighted by Crippen LogP contribution is 2.45. The molecule has 2 aromatic heterocycles. The fraction of sp³-hybridized carbons (Fsp3) is 0.276. The number of aliphatic hydroxyl groups excluding tert-OH is 1. The van der Waals surface area contributed by atoms with Crippen molar-refractivity contribution in [1.29, 1.82) is 0 Å². The van der Waals surface area contributed by atoms with Crippen LogP contribution in [0.25, 0.3) is 10.2 Å². The maximum atomic E-state index is 13.6. The summed E-state index contributed by atoms with van der Waals surface area (Å²) in [7, 11) is 0.